The molecule has 1 atom stereocenters. The molecule has 0 aromatic heterocycles. The molecule has 3 rings (SSSR count). The summed E-state index contributed by atoms with van der Waals surface area (Å²) in [6.07, 6.45) is -0.0131. The number of amides is 1. The fourth-order valence-corrected chi connectivity index (χ4v) is 3.27. The Morgan fingerprint density at radius 2 is 1.92 bits per heavy atom. The molecule has 0 fully saturated rings. The molecule has 0 saturated carbocycles. The van der Waals surface area contributed by atoms with Crippen molar-refractivity contribution in [2.45, 2.75) is 24.3 Å². The topological polar surface area (TPSA) is 89.7 Å². The summed E-state index contributed by atoms with van der Waals surface area (Å²) in [7, 11) is -3.81. The second kappa shape index (κ2) is 6.26. The van der Waals surface area contributed by atoms with Crippen LogP contribution in [0, 0.1) is 0 Å². The molecular formula is C17H18N2O4S. The van der Waals surface area contributed by atoms with Crippen LogP contribution in [0.4, 0.5) is 5.69 Å². The van der Waals surface area contributed by atoms with Gasteiger partial charge in [-0.2, -0.15) is 0 Å². The largest absolute Gasteiger partial charge is 0.481 e. The Morgan fingerprint density at radius 3 is 2.58 bits per heavy atom. The van der Waals surface area contributed by atoms with Gasteiger partial charge in [0.1, 0.15) is 5.75 Å². The second-order valence-electron chi connectivity index (χ2n) is 5.65. The molecule has 0 bridgehead atoms. The fraction of sp³-hybridized carbons (Fsp3) is 0.235. The van der Waals surface area contributed by atoms with E-state index in [9.17, 15) is 13.2 Å². The van der Waals surface area contributed by atoms with Gasteiger partial charge in [-0.25, -0.2) is 13.6 Å². The van der Waals surface area contributed by atoms with Crippen molar-refractivity contribution in [1.29, 1.82) is 0 Å². The number of fused-ring (bicyclic) bond motifs is 1. The molecule has 2 aromatic carbocycles. The maximum atomic E-state index is 12.7. The fourth-order valence-electron chi connectivity index (χ4n) is 2.74. The van der Waals surface area contributed by atoms with Crippen molar-refractivity contribution in [1.82, 2.24) is 0 Å². The zero-order valence-corrected chi connectivity index (χ0v) is 14.0. The Bertz CT molecular complexity index is 865. The molecule has 6 nitrogen and oxygen atoms in total. The van der Waals surface area contributed by atoms with Crippen molar-refractivity contribution >= 4 is 21.6 Å². The van der Waals surface area contributed by atoms with E-state index in [1.807, 2.05) is 18.2 Å². The highest BCUT2D eigenvalue weighted by atomic mass is 32.2. The number of carbonyl (C=O) groups excluding carboxylic acids is 1. The first-order valence-electron chi connectivity index (χ1n) is 7.55. The molecule has 2 aromatic rings. The maximum absolute atomic E-state index is 12.7. The number of para-hydroxylation sites is 1. The van der Waals surface area contributed by atoms with Crippen molar-refractivity contribution in [2.75, 3.05) is 11.4 Å². The molecule has 1 amide bonds. The van der Waals surface area contributed by atoms with Gasteiger partial charge in [0, 0.05) is 12.2 Å². The van der Waals surface area contributed by atoms with E-state index >= 15 is 0 Å². The van der Waals surface area contributed by atoms with Crippen molar-refractivity contribution in [3.8, 4) is 5.75 Å². The number of hydrogen-bond acceptors (Lipinski definition) is 4. The van der Waals surface area contributed by atoms with Crippen LogP contribution in [0.1, 0.15) is 12.5 Å². The van der Waals surface area contributed by atoms with E-state index in [4.69, 9.17) is 9.88 Å². The summed E-state index contributed by atoms with van der Waals surface area (Å²) in [6.45, 7) is 2.17. The number of hydrogen-bond donors (Lipinski definition) is 1. The quantitative estimate of drug-likeness (QED) is 0.912. The first-order chi connectivity index (χ1) is 11.4. The van der Waals surface area contributed by atoms with Gasteiger partial charge in [0.05, 0.1) is 4.90 Å². The highest BCUT2D eigenvalue weighted by molar-refractivity contribution is 7.89. The molecule has 0 saturated heterocycles. The van der Waals surface area contributed by atoms with Crippen molar-refractivity contribution in [3.63, 3.8) is 0 Å². The smallest absolute Gasteiger partial charge is 0.267 e. The van der Waals surface area contributed by atoms with E-state index in [1.165, 1.54) is 12.1 Å². The third-order valence-corrected chi connectivity index (χ3v) is 4.86. The summed E-state index contributed by atoms with van der Waals surface area (Å²) in [4.78, 5) is 14.2. The van der Waals surface area contributed by atoms with Gasteiger partial charge in [0.2, 0.25) is 10.0 Å². The number of primary sulfonamides is 1. The van der Waals surface area contributed by atoms with E-state index in [0.29, 0.717) is 24.4 Å². The van der Waals surface area contributed by atoms with Crippen molar-refractivity contribution in [3.05, 3.63) is 54.1 Å². The van der Waals surface area contributed by atoms with Crippen LogP contribution in [0.15, 0.2) is 53.4 Å². The maximum Gasteiger partial charge on any atom is 0.267 e. The number of carbonyl (C=O) groups is 1. The average Bonchev–Trinajstić information content (AvgIpc) is 2.97. The number of nitrogens with zero attached hydrogens (tertiary/aromatic N) is 1. The Labute approximate surface area is 140 Å². The zero-order valence-electron chi connectivity index (χ0n) is 13.2. The molecule has 7 heteroatoms. The van der Waals surface area contributed by atoms with Crippen molar-refractivity contribution in [2.24, 2.45) is 5.14 Å². The van der Waals surface area contributed by atoms with Crippen LogP contribution in [0.25, 0.3) is 0 Å². The van der Waals surface area contributed by atoms with Crippen molar-refractivity contribution < 1.29 is 17.9 Å². The predicted octanol–water partition coefficient (Wildman–Crippen LogP) is 1.69. The number of rotatable bonds is 4. The van der Waals surface area contributed by atoms with Crippen LogP contribution in [0.3, 0.4) is 0 Å². The van der Waals surface area contributed by atoms with E-state index < -0.39 is 16.1 Å². The number of benzene rings is 2. The van der Waals surface area contributed by atoms with Crippen LogP contribution in [-0.2, 0) is 21.2 Å². The van der Waals surface area contributed by atoms with E-state index in [2.05, 4.69) is 0 Å². The third kappa shape index (κ3) is 3.27. The summed E-state index contributed by atoms with van der Waals surface area (Å²) in [5, 5.41) is 5.18. The highest BCUT2D eigenvalue weighted by Gasteiger charge is 2.30. The summed E-state index contributed by atoms with van der Waals surface area (Å²) in [5.74, 6) is 0.389. The Kier molecular flexibility index (Phi) is 4.29. The van der Waals surface area contributed by atoms with Crippen LogP contribution in [0.2, 0.25) is 0 Å². The van der Waals surface area contributed by atoms with Gasteiger partial charge >= 0.3 is 0 Å². The molecule has 24 heavy (non-hydrogen) atoms. The van der Waals surface area contributed by atoms with Crippen LogP contribution < -0.4 is 14.8 Å². The van der Waals surface area contributed by atoms with Gasteiger partial charge in [-0.3, -0.25) is 4.79 Å². The third-order valence-electron chi connectivity index (χ3n) is 3.95. The highest BCUT2D eigenvalue weighted by Crippen LogP contribution is 2.31. The van der Waals surface area contributed by atoms with Gasteiger partial charge in [-0.05, 0) is 43.2 Å². The lowest BCUT2D eigenvalue weighted by molar-refractivity contribution is -0.124. The molecule has 126 valence electrons. The van der Waals surface area contributed by atoms with Gasteiger partial charge < -0.3 is 9.64 Å². The standard InChI is InChI=1S/C17H18N2O4S/c1-12(23-14-5-3-2-4-6-14)17(20)19-10-9-13-7-8-15(11-16(13)19)24(18,21)22/h2-8,11-12H,9-10H2,1H3,(H2,18,21,22)/t12-/m1/s1. The molecule has 0 radical (unpaired) electrons. The normalized spacial score (nSPS) is 15.0. The Balaban J connectivity index is 1.83. The number of sulfonamides is 1. The lowest BCUT2D eigenvalue weighted by Crippen LogP contribution is -2.39. The second-order valence-corrected chi connectivity index (χ2v) is 7.21. The predicted molar refractivity (Wildman–Crippen MR) is 90.4 cm³/mol. The lowest BCUT2D eigenvalue weighted by atomic mass is 10.2. The SMILES string of the molecule is C[C@@H](Oc1ccccc1)C(=O)N1CCc2ccc(S(N)(=O)=O)cc21. The molecule has 1 aliphatic rings. The van der Waals surface area contributed by atoms with E-state index in [0.717, 1.165) is 5.56 Å². The Morgan fingerprint density at radius 1 is 1.21 bits per heavy atom. The molecular weight excluding hydrogens is 328 g/mol. The monoisotopic (exact) mass is 346 g/mol. The minimum atomic E-state index is -3.81. The summed E-state index contributed by atoms with van der Waals surface area (Å²) in [5.41, 5.74) is 1.50. The van der Waals surface area contributed by atoms with Gasteiger partial charge in [0.15, 0.2) is 6.10 Å². The van der Waals surface area contributed by atoms with E-state index in [-0.39, 0.29) is 10.8 Å². The molecule has 0 spiro atoms. The summed E-state index contributed by atoms with van der Waals surface area (Å²) >= 11 is 0. The Hall–Kier alpha value is -2.38. The number of anilines is 1. The zero-order chi connectivity index (χ0) is 17.3. The molecule has 1 aliphatic heterocycles. The lowest BCUT2D eigenvalue weighted by Gasteiger charge is -2.22. The molecule has 0 unspecified atom stereocenters. The minimum Gasteiger partial charge on any atom is -0.481 e. The minimum absolute atomic E-state index is 0.00224. The molecule has 0 aliphatic carbocycles. The van der Waals surface area contributed by atoms with Gasteiger partial charge in [-0.15, -0.1) is 0 Å². The first kappa shape index (κ1) is 16.5. The van der Waals surface area contributed by atoms with Crippen LogP contribution in [-0.4, -0.2) is 27.0 Å². The van der Waals surface area contributed by atoms with Crippen LogP contribution in [0.5, 0.6) is 5.75 Å². The number of ether oxygens (including phenoxy) is 1. The van der Waals surface area contributed by atoms with E-state index in [1.54, 1.807) is 30.0 Å². The van der Waals surface area contributed by atoms with Gasteiger partial charge in [0.25, 0.3) is 5.91 Å². The summed E-state index contributed by atoms with van der Waals surface area (Å²) in [6, 6.07) is 13.7. The van der Waals surface area contributed by atoms with Gasteiger partial charge in [-0.1, -0.05) is 24.3 Å². The summed E-state index contributed by atoms with van der Waals surface area (Å²) < 4.78 is 28.7. The molecule has 1 heterocycles. The average molecular weight is 346 g/mol. The van der Waals surface area contributed by atoms with Crippen LogP contribution >= 0.6 is 0 Å². The first-order valence-corrected chi connectivity index (χ1v) is 9.10. The molecule has 2 N–H and O–H groups in total. The number of nitrogens with two attached hydrogens (primary N) is 1.